The molecule has 0 radical (unpaired) electrons. The Hall–Kier alpha value is -1.82. The van der Waals surface area contributed by atoms with Gasteiger partial charge in [0.25, 0.3) is 10.0 Å². The summed E-state index contributed by atoms with van der Waals surface area (Å²) in [7, 11) is -3.78. The first-order valence-corrected chi connectivity index (χ1v) is 6.39. The van der Waals surface area contributed by atoms with Gasteiger partial charge in [0.2, 0.25) is 0 Å². The van der Waals surface area contributed by atoms with Crippen LogP contribution in [0.3, 0.4) is 0 Å². The molecule has 0 aromatic heterocycles. The van der Waals surface area contributed by atoms with Crippen LogP contribution in [0.5, 0.6) is 0 Å². The standard InChI is InChI=1S/C11H11NO4S/c1-6-3-4-8-9(5-6)17(15,16)12-10(7(2)13)11(8)14/h3-5,12,14H,1-2H3. The number of aryl methyl sites for hydroxylation is 1. The Morgan fingerprint density at radius 1 is 1.35 bits per heavy atom. The van der Waals surface area contributed by atoms with Gasteiger partial charge in [-0.1, -0.05) is 6.07 Å². The summed E-state index contributed by atoms with van der Waals surface area (Å²) < 4.78 is 25.8. The molecular weight excluding hydrogens is 242 g/mol. The van der Waals surface area contributed by atoms with Crippen LogP contribution in [0.15, 0.2) is 28.8 Å². The second kappa shape index (κ2) is 3.59. The molecule has 2 rings (SSSR count). The fourth-order valence-electron chi connectivity index (χ4n) is 1.66. The van der Waals surface area contributed by atoms with E-state index in [1.165, 1.54) is 19.1 Å². The van der Waals surface area contributed by atoms with Crippen molar-refractivity contribution in [3.8, 4) is 0 Å². The van der Waals surface area contributed by atoms with Crippen molar-refractivity contribution in [2.75, 3.05) is 0 Å². The van der Waals surface area contributed by atoms with Crippen LogP contribution in [0.25, 0.3) is 5.76 Å². The number of hydrogen-bond donors (Lipinski definition) is 2. The average molecular weight is 253 g/mol. The fraction of sp³-hybridized carbons (Fsp3) is 0.182. The predicted octanol–water partition coefficient (Wildman–Crippen LogP) is 1.10. The molecule has 0 bridgehead atoms. The zero-order valence-electron chi connectivity index (χ0n) is 9.31. The zero-order valence-corrected chi connectivity index (χ0v) is 10.1. The normalized spacial score (nSPS) is 17.3. The molecule has 17 heavy (non-hydrogen) atoms. The highest BCUT2D eigenvalue weighted by molar-refractivity contribution is 7.89. The molecule has 1 aromatic rings. The van der Waals surface area contributed by atoms with Gasteiger partial charge < -0.3 is 5.11 Å². The summed E-state index contributed by atoms with van der Waals surface area (Å²) in [6, 6.07) is 4.61. The van der Waals surface area contributed by atoms with Crippen LogP contribution < -0.4 is 4.72 Å². The van der Waals surface area contributed by atoms with E-state index >= 15 is 0 Å². The lowest BCUT2D eigenvalue weighted by molar-refractivity contribution is -0.113. The Kier molecular flexibility index (Phi) is 2.46. The first-order chi connectivity index (χ1) is 7.83. The number of fused-ring (bicyclic) bond motifs is 1. The summed E-state index contributed by atoms with van der Waals surface area (Å²) in [5.74, 6) is -0.861. The molecule has 6 heteroatoms. The quantitative estimate of drug-likeness (QED) is 0.785. The second-order valence-electron chi connectivity index (χ2n) is 3.88. The molecule has 0 fully saturated rings. The maximum Gasteiger partial charge on any atom is 0.262 e. The number of hydrogen-bond acceptors (Lipinski definition) is 4. The Labute approximate surface area is 98.8 Å². The molecule has 2 N–H and O–H groups in total. The van der Waals surface area contributed by atoms with Crippen LogP contribution in [0, 0.1) is 6.92 Å². The topological polar surface area (TPSA) is 83.5 Å². The third kappa shape index (κ3) is 1.80. The third-order valence-electron chi connectivity index (χ3n) is 2.51. The van der Waals surface area contributed by atoms with Crippen molar-refractivity contribution in [3.05, 3.63) is 35.0 Å². The number of benzene rings is 1. The maximum absolute atomic E-state index is 11.9. The summed E-state index contributed by atoms with van der Waals surface area (Å²) in [6.45, 7) is 2.93. The lowest BCUT2D eigenvalue weighted by atomic mass is 10.1. The Balaban J connectivity index is 2.81. The summed E-state index contributed by atoms with van der Waals surface area (Å²) in [5.41, 5.74) is 0.620. The molecular formula is C11H11NO4S. The number of Topliss-reactive ketones (excluding diaryl/α,β-unsaturated/α-hetero) is 1. The number of nitrogens with one attached hydrogen (secondary N) is 1. The number of sulfonamides is 1. The van der Waals surface area contributed by atoms with Crippen LogP contribution in [-0.2, 0) is 14.8 Å². The van der Waals surface area contributed by atoms with Gasteiger partial charge in [0.05, 0.1) is 4.90 Å². The van der Waals surface area contributed by atoms with Crippen LogP contribution in [0.1, 0.15) is 18.1 Å². The Morgan fingerprint density at radius 3 is 2.59 bits per heavy atom. The molecule has 0 amide bonds. The number of allylic oxidation sites excluding steroid dienone is 1. The highest BCUT2D eigenvalue weighted by Gasteiger charge is 2.31. The molecule has 0 aliphatic carbocycles. The van der Waals surface area contributed by atoms with E-state index in [4.69, 9.17) is 0 Å². The number of carbonyl (C=O) groups excluding carboxylic acids is 1. The van der Waals surface area contributed by atoms with Crippen LogP contribution in [-0.4, -0.2) is 19.3 Å². The first kappa shape index (κ1) is 11.7. The highest BCUT2D eigenvalue weighted by atomic mass is 32.2. The minimum atomic E-state index is -3.78. The molecule has 1 aliphatic rings. The molecule has 0 unspecified atom stereocenters. The van der Waals surface area contributed by atoms with Crippen LogP contribution in [0.4, 0.5) is 0 Å². The highest BCUT2D eigenvalue weighted by Crippen LogP contribution is 2.29. The van der Waals surface area contributed by atoms with Crippen molar-refractivity contribution in [2.24, 2.45) is 0 Å². The monoisotopic (exact) mass is 253 g/mol. The van der Waals surface area contributed by atoms with Crippen LogP contribution in [0.2, 0.25) is 0 Å². The van der Waals surface area contributed by atoms with Gasteiger partial charge in [-0.25, -0.2) is 8.42 Å². The average Bonchev–Trinajstić information content (AvgIpc) is 2.23. The van der Waals surface area contributed by atoms with Gasteiger partial charge in [-0.15, -0.1) is 0 Å². The molecule has 0 saturated heterocycles. The fourth-order valence-corrected chi connectivity index (χ4v) is 3.07. The van der Waals surface area contributed by atoms with Gasteiger partial charge in [0.1, 0.15) is 5.70 Å². The van der Waals surface area contributed by atoms with Gasteiger partial charge >= 0.3 is 0 Å². The molecule has 1 aliphatic heterocycles. The van der Waals surface area contributed by atoms with E-state index in [0.717, 1.165) is 5.56 Å². The van der Waals surface area contributed by atoms with Crippen molar-refractivity contribution < 1.29 is 18.3 Å². The van der Waals surface area contributed by atoms with Crippen LogP contribution >= 0.6 is 0 Å². The van der Waals surface area contributed by atoms with E-state index in [-0.39, 0.29) is 21.9 Å². The van der Waals surface area contributed by atoms with Gasteiger partial charge in [-0.3, -0.25) is 9.52 Å². The molecule has 1 heterocycles. The lowest BCUT2D eigenvalue weighted by Gasteiger charge is -2.20. The SMILES string of the molecule is CC(=O)C1=C(O)c2ccc(C)cc2S(=O)(=O)N1. The third-order valence-corrected chi connectivity index (χ3v) is 3.90. The number of aliphatic hydroxyl groups is 1. The summed E-state index contributed by atoms with van der Waals surface area (Å²) in [4.78, 5) is 11.2. The summed E-state index contributed by atoms with van der Waals surface area (Å²) in [6.07, 6.45) is 0. The van der Waals surface area contributed by atoms with E-state index in [9.17, 15) is 18.3 Å². The largest absolute Gasteiger partial charge is 0.505 e. The molecule has 1 aromatic carbocycles. The minimum Gasteiger partial charge on any atom is -0.505 e. The lowest BCUT2D eigenvalue weighted by Crippen LogP contribution is -2.32. The van der Waals surface area contributed by atoms with Crippen molar-refractivity contribution >= 4 is 21.6 Å². The van der Waals surface area contributed by atoms with Crippen molar-refractivity contribution in [1.82, 2.24) is 4.72 Å². The van der Waals surface area contributed by atoms with E-state index in [2.05, 4.69) is 4.72 Å². The Morgan fingerprint density at radius 2 is 2.00 bits per heavy atom. The number of rotatable bonds is 1. The predicted molar refractivity (Wildman–Crippen MR) is 61.7 cm³/mol. The van der Waals surface area contributed by atoms with E-state index in [1.807, 2.05) is 0 Å². The number of carbonyl (C=O) groups is 1. The Bertz CT molecular complexity index is 643. The zero-order chi connectivity index (χ0) is 12.8. The molecule has 5 nitrogen and oxygen atoms in total. The second-order valence-corrected chi connectivity index (χ2v) is 5.54. The van der Waals surface area contributed by atoms with Crippen molar-refractivity contribution in [1.29, 1.82) is 0 Å². The van der Waals surface area contributed by atoms with Gasteiger partial charge in [0.15, 0.2) is 11.5 Å². The van der Waals surface area contributed by atoms with Gasteiger partial charge in [0, 0.05) is 12.5 Å². The van der Waals surface area contributed by atoms with Gasteiger partial charge in [-0.05, 0) is 24.6 Å². The van der Waals surface area contributed by atoms with E-state index in [1.54, 1.807) is 13.0 Å². The van der Waals surface area contributed by atoms with Gasteiger partial charge in [-0.2, -0.15) is 0 Å². The molecule has 0 saturated carbocycles. The summed E-state index contributed by atoms with van der Waals surface area (Å²) >= 11 is 0. The van der Waals surface area contributed by atoms with E-state index < -0.39 is 15.8 Å². The van der Waals surface area contributed by atoms with E-state index in [0.29, 0.717) is 0 Å². The maximum atomic E-state index is 11.9. The van der Waals surface area contributed by atoms with Crippen molar-refractivity contribution in [2.45, 2.75) is 18.7 Å². The molecule has 0 atom stereocenters. The first-order valence-electron chi connectivity index (χ1n) is 4.91. The minimum absolute atomic E-state index is 0.0139. The summed E-state index contributed by atoms with van der Waals surface area (Å²) in [5, 5.41) is 9.85. The smallest absolute Gasteiger partial charge is 0.262 e. The molecule has 0 spiro atoms. The molecule has 90 valence electrons. The number of ketones is 1. The number of aliphatic hydroxyl groups excluding tert-OH is 1. The van der Waals surface area contributed by atoms with Crippen molar-refractivity contribution in [3.63, 3.8) is 0 Å².